The van der Waals surface area contributed by atoms with Gasteiger partial charge in [0.05, 0.1) is 17.2 Å². The maximum Gasteiger partial charge on any atom is 0.270 e. The Morgan fingerprint density at radius 2 is 2.29 bits per heavy atom. The summed E-state index contributed by atoms with van der Waals surface area (Å²) >= 11 is 0. The minimum absolute atomic E-state index is 0.0722. The van der Waals surface area contributed by atoms with E-state index in [9.17, 15) is 15.2 Å². The van der Waals surface area contributed by atoms with Crippen LogP contribution in [0, 0.1) is 10.1 Å². The number of hydrogen-bond acceptors (Lipinski definition) is 5. The summed E-state index contributed by atoms with van der Waals surface area (Å²) in [5.41, 5.74) is 1.22. The van der Waals surface area contributed by atoms with Gasteiger partial charge in [-0.2, -0.15) is 5.10 Å². The largest absolute Gasteiger partial charge is 0.488 e. The number of aliphatic hydroxyl groups excluding tert-OH is 1. The SMILES string of the molecule is CCn1cc(COc2ccc([N+](=O)[O-])cc2C(C)O)cn1. The molecule has 7 heteroatoms. The molecule has 21 heavy (non-hydrogen) atoms. The molecule has 1 unspecified atom stereocenters. The van der Waals surface area contributed by atoms with Crippen molar-refractivity contribution in [1.82, 2.24) is 9.78 Å². The summed E-state index contributed by atoms with van der Waals surface area (Å²) in [4.78, 5) is 10.3. The van der Waals surface area contributed by atoms with Crippen LogP contribution in [-0.4, -0.2) is 19.8 Å². The predicted molar refractivity (Wildman–Crippen MR) is 76.0 cm³/mol. The lowest BCUT2D eigenvalue weighted by Crippen LogP contribution is -2.02. The van der Waals surface area contributed by atoms with E-state index in [1.807, 2.05) is 13.1 Å². The number of rotatable bonds is 6. The molecule has 7 nitrogen and oxygen atoms in total. The standard InChI is InChI=1S/C14H17N3O4/c1-3-16-8-11(7-15-16)9-21-14-5-4-12(17(19)20)6-13(14)10(2)18/h4-8,10,18H,3,9H2,1-2H3. The second kappa shape index (κ2) is 6.36. The molecule has 0 bridgehead atoms. The highest BCUT2D eigenvalue weighted by molar-refractivity contribution is 5.44. The van der Waals surface area contributed by atoms with Crippen molar-refractivity contribution in [1.29, 1.82) is 0 Å². The Bertz CT molecular complexity index is 637. The molecular formula is C14H17N3O4. The first kappa shape index (κ1) is 15.0. The number of nitro groups is 1. The van der Waals surface area contributed by atoms with Gasteiger partial charge in [0.25, 0.3) is 5.69 Å². The van der Waals surface area contributed by atoms with Crippen molar-refractivity contribution >= 4 is 5.69 Å². The van der Waals surface area contributed by atoms with Crippen LogP contribution < -0.4 is 4.74 Å². The molecule has 1 N–H and O–H groups in total. The van der Waals surface area contributed by atoms with Crippen LogP contribution in [0.3, 0.4) is 0 Å². The Labute approximate surface area is 121 Å². The molecule has 0 saturated heterocycles. The maximum atomic E-state index is 10.8. The normalized spacial score (nSPS) is 12.1. The van der Waals surface area contributed by atoms with Crippen molar-refractivity contribution in [2.45, 2.75) is 33.1 Å². The van der Waals surface area contributed by atoms with Gasteiger partial charge < -0.3 is 9.84 Å². The van der Waals surface area contributed by atoms with Gasteiger partial charge in [-0.3, -0.25) is 14.8 Å². The molecule has 1 aromatic heterocycles. The number of non-ortho nitro benzene ring substituents is 1. The van der Waals surface area contributed by atoms with Gasteiger partial charge in [-0.15, -0.1) is 0 Å². The second-order valence-electron chi connectivity index (χ2n) is 4.65. The smallest absolute Gasteiger partial charge is 0.270 e. The van der Waals surface area contributed by atoms with E-state index in [2.05, 4.69) is 5.10 Å². The molecule has 0 radical (unpaired) electrons. The number of hydrogen-bond donors (Lipinski definition) is 1. The Kier molecular flexibility index (Phi) is 4.54. The Morgan fingerprint density at radius 3 is 2.86 bits per heavy atom. The maximum absolute atomic E-state index is 10.8. The summed E-state index contributed by atoms with van der Waals surface area (Å²) in [6.07, 6.45) is 2.72. The van der Waals surface area contributed by atoms with Crippen molar-refractivity contribution in [2.75, 3.05) is 0 Å². The zero-order chi connectivity index (χ0) is 15.4. The molecule has 112 valence electrons. The van der Waals surface area contributed by atoms with Crippen LogP contribution in [-0.2, 0) is 13.2 Å². The lowest BCUT2D eigenvalue weighted by atomic mass is 10.1. The van der Waals surface area contributed by atoms with Crippen LogP contribution in [0.4, 0.5) is 5.69 Å². The monoisotopic (exact) mass is 291 g/mol. The molecule has 0 aliphatic carbocycles. The third kappa shape index (κ3) is 3.57. The Hall–Kier alpha value is -2.41. The van der Waals surface area contributed by atoms with Gasteiger partial charge in [-0.1, -0.05) is 0 Å². The van der Waals surface area contributed by atoms with Crippen molar-refractivity contribution in [3.05, 3.63) is 51.8 Å². The fourth-order valence-electron chi connectivity index (χ4n) is 1.92. The highest BCUT2D eigenvalue weighted by Gasteiger charge is 2.15. The molecule has 0 aliphatic rings. The molecule has 2 rings (SSSR count). The van der Waals surface area contributed by atoms with E-state index in [0.717, 1.165) is 12.1 Å². The average Bonchev–Trinajstić information content (AvgIpc) is 2.92. The van der Waals surface area contributed by atoms with Gasteiger partial charge in [0.1, 0.15) is 12.4 Å². The molecule has 0 aliphatic heterocycles. The molecule has 0 spiro atoms. The van der Waals surface area contributed by atoms with Crippen molar-refractivity contribution < 1.29 is 14.8 Å². The molecule has 1 heterocycles. The van der Waals surface area contributed by atoms with Crippen molar-refractivity contribution in [2.24, 2.45) is 0 Å². The fraction of sp³-hybridized carbons (Fsp3) is 0.357. The quantitative estimate of drug-likeness (QED) is 0.652. The molecule has 0 amide bonds. The first-order valence-electron chi connectivity index (χ1n) is 6.61. The van der Waals surface area contributed by atoms with Crippen LogP contribution in [0.15, 0.2) is 30.6 Å². The summed E-state index contributed by atoms with van der Waals surface area (Å²) in [5, 5.41) is 24.6. The van der Waals surface area contributed by atoms with Crippen LogP contribution in [0.25, 0.3) is 0 Å². The number of aryl methyl sites for hydroxylation is 1. The topological polar surface area (TPSA) is 90.4 Å². The van der Waals surface area contributed by atoms with E-state index in [0.29, 0.717) is 11.3 Å². The van der Waals surface area contributed by atoms with Gasteiger partial charge in [-0.05, 0) is 19.9 Å². The van der Waals surface area contributed by atoms with E-state index in [4.69, 9.17) is 4.74 Å². The molecule has 0 fully saturated rings. The molecule has 0 saturated carbocycles. The second-order valence-corrected chi connectivity index (χ2v) is 4.65. The van der Waals surface area contributed by atoms with E-state index in [1.165, 1.54) is 18.2 Å². The summed E-state index contributed by atoms with van der Waals surface area (Å²) in [5.74, 6) is 0.430. The number of ether oxygens (including phenoxy) is 1. The number of aromatic nitrogens is 2. The zero-order valence-electron chi connectivity index (χ0n) is 11.9. The van der Waals surface area contributed by atoms with E-state index >= 15 is 0 Å². The number of nitrogens with zero attached hydrogens (tertiary/aromatic N) is 3. The highest BCUT2D eigenvalue weighted by Crippen LogP contribution is 2.29. The van der Waals surface area contributed by atoms with E-state index in [-0.39, 0.29) is 12.3 Å². The van der Waals surface area contributed by atoms with Crippen LogP contribution in [0.2, 0.25) is 0 Å². The van der Waals surface area contributed by atoms with Crippen LogP contribution in [0.5, 0.6) is 5.75 Å². The first-order valence-corrected chi connectivity index (χ1v) is 6.61. The minimum Gasteiger partial charge on any atom is -0.488 e. The first-order chi connectivity index (χ1) is 10.0. The fourth-order valence-corrected chi connectivity index (χ4v) is 1.92. The lowest BCUT2D eigenvalue weighted by Gasteiger charge is -2.12. The summed E-state index contributed by atoms with van der Waals surface area (Å²) in [6.45, 7) is 4.59. The van der Waals surface area contributed by atoms with Crippen molar-refractivity contribution in [3.63, 3.8) is 0 Å². The predicted octanol–water partition coefficient (Wildman–Crippen LogP) is 2.44. The Balaban J connectivity index is 2.17. The van der Waals surface area contributed by atoms with Gasteiger partial charge in [-0.25, -0.2) is 0 Å². The third-order valence-corrected chi connectivity index (χ3v) is 3.06. The molecule has 2 aromatic rings. The number of aliphatic hydroxyl groups is 1. The van der Waals surface area contributed by atoms with Gasteiger partial charge in [0.15, 0.2) is 0 Å². The number of benzene rings is 1. The third-order valence-electron chi connectivity index (χ3n) is 3.06. The lowest BCUT2D eigenvalue weighted by molar-refractivity contribution is -0.385. The molecule has 1 aromatic carbocycles. The van der Waals surface area contributed by atoms with E-state index in [1.54, 1.807) is 17.8 Å². The zero-order valence-corrected chi connectivity index (χ0v) is 11.9. The molecular weight excluding hydrogens is 274 g/mol. The Morgan fingerprint density at radius 1 is 1.52 bits per heavy atom. The van der Waals surface area contributed by atoms with Crippen LogP contribution >= 0.6 is 0 Å². The number of nitro benzene ring substituents is 1. The van der Waals surface area contributed by atoms with Crippen LogP contribution in [0.1, 0.15) is 31.1 Å². The summed E-state index contributed by atoms with van der Waals surface area (Å²) in [6, 6.07) is 4.19. The molecule has 1 atom stereocenters. The van der Waals surface area contributed by atoms with Gasteiger partial charge in [0, 0.05) is 36.0 Å². The summed E-state index contributed by atoms with van der Waals surface area (Å²) in [7, 11) is 0. The van der Waals surface area contributed by atoms with E-state index < -0.39 is 11.0 Å². The van der Waals surface area contributed by atoms with Gasteiger partial charge in [0.2, 0.25) is 0 Å². The minimum atomic E-state index is -0.849. The van der Waals surface area contributed by atoms with Gasteiger partial charge >= 0.3 is 0 Å². The van der Waals surface area contributed by atoms with Crippen molar-refractivity contribution in [3.8, 4) is 5.75 Å². The highest BCUT2D eigenvalue weighted by atomic mass is 16.6. The average molecular weight is 291 g/mol. The summed E-state index contributed by atoms with van der Waals surface area (Å²) < 4.78 is 7.42.